The summed E-state index contributed by atoms with van der Waals surface area (Å²) in [6.45, 7) is 2.87. The molecule has 0 saturated carbocycles. The quantitative estimate of drug-likeness (QED) is 0.573. The number of halogens is 1. The van der Waals surface area contributed by atoms with Gasteiger partial charge in [-0.1, -0.05) is 6.07 Å². The Kier molecular flexibility index (Phi) is 3.93. The van der Waals surface area contributed by atoms with E-state index in [4.69, 9.17) is 0 Å². The highest BCUT2D eigenvalue weighted by Gasteiger charge is 2.34. The highest BCUT2D eigenvalue weighted by atomic mass is 19.1. The summed E-state index contributed by atoms with van der Waals surface area (Å²) in [5.74, 6) is -0.109. The van der Waals surface area contributed by atoms with E-state index in [-0.39, 0.29) is 17.6 Å². The molecule has 27 heavy (non-hydrogen) atoms. The lowest BCUT2D eigenvalue weighted by atomic mass is 9.95. The smallest absolute Gasteiger partial charge is 0.132 e. The van der Waals surface area contributed by atoms with Crippen molar-refractivity contribution in [1.29, 1.82) is 0 Å². The van der Waals surface area contributed by atoms with Gasteiger partial charge in [0.25, 0.3) is 0 Å². The predicted octanol–water partition coefficient (Wildman–Crippen LogP) is 3.29. The van der Waals surface area contributed by atoms with Gasteiger partial charge in [-0.15, -0.1) is 0 Å². The van der Waals surface area contributed by atoms with Gasteiger partial charge >= 0.3 is 0 Å². The fourth-order valence-corrected chi connectivity index (χ4v) is 4.50. The molecular weight excluding hydrogens is 345 g/mol. The number of aliphatic hydroxyl groups excluding tert-OH is 1. The number of hydrogen-bond donors (Lipinski definition) is 4. The molecule has 140 valence electrons. The first-order chi connectivity index (χ1) is 13.1. The molecule has 0 bridgehead atoms. The molecule has 3 heterocycles. The highest BCUT2D eigenvalue weighted by molar-refractivity contribution is 5.86. The maximum atomic E-state index is 13.8. The van der Waals surface area contributed by atoms with Gasteiger partial charge in [0.1, 0.15) is 17.8 Å². The van der Waals surface area contributed by atoms with Gasteiger partial charge in [0.15, 0.2) is 0 Å². The normalized spacial score (nSPS) is 22.6. The molecule has 0 spiro atoms. The van der Waals surface area contributed by atoms with E-state index in [2.05, 4.69) is 15.2 Å². The molecule has 1 fully saturated rings. The van der Waals surface area contributed by atoms with Crippen molar-refractivity contribution in [3.05, 3.63) is 64.6 Å². The Hall–Kier alpha value is -2.41. The first-order valence-electron chi connectivity index (χ1n) is 9.39. The van der Waals surface area contributed by atoms with Crippen LogP contribution in [0, 0.1) is 5.82 Å². The fraction of sp³-hybridized carbons (Fsp3) is 0.333. The number of H-pyrrole nitrogens is 1. The van der Waals surface area contributed by atoms with E-state index in [9.17, 15) is 14.6 Å². The number of aromatic hydroxyl groups is 1. The van der Waals surface area contributed by atoms with E-state index in [0.717, 1.165) is 52.9 Å². The number of nitrogens with one attached hydrogen (secondary N) is 2. The molecule has 0 radical (unpaired) electrons. The average Bonchev–Trinajstić information content (AvgIpc) is 3.33. The molecule has 1 aromatic heterocycles. The summed E-state index contributed by atoms with van der Waals surface area (Å²) in [6.07, 6.45) is 1.60. The standard InChI is InChI=1S/C21H22FN3O2/c22-12-3-5-15-17(9-12)23-18(11-25-7-1-2-8-25)19(15)20-16-10-13(26)4-6-14(16)21(27)24-20/h3-6,9-10,20-21,23-24,26-27H,1-2,7-8,11H2. The number of benzene rings is 2. The third-order valence-corrected chi connectivity index (χ3v) is 5.75. The van der Waals surface area contributed by atoms with Gasteiger partial charge in [0.2, 0.25) is 0 Å². The van der Waals surface area contributed by atoms with Crippen LogP contribution in [-0.2, 0) is 6.54 Å². The molecule has 4 N–H and O–H groups in total. The number of phenols is 1. The molecule has 5 nitrogen and oxygen atoms in total. The van der Waals surface area contributed by atoms with Crippen LogP contribution in [0.1, 0.15) is 47.5 Å². The molecule has 2 aromatic carbocycles. The minimum atomic E-state index is -0.796. The van der Waals surface area contributed by atoms with E-state index in [1.807, 2.05) is 0 Å². The van der Waals surface area contributed by atoms with E-state index >= 15 is 0 Å². The summed E-state index contributed by atoms with van der Waals surface area (Å²) in [4.78, 5) is 5.79. The van der Waals surface area contributed by atoms with Gasteiger partial charge in [0, 0.05) is 34.3 Å². The molecule has 6 heteroatoms. The molecule has 2 aliphatic rings. The van der Waals surface area contributed by atoms with Crippen molar-refractivity contribution in [1.82, 2.24) is 15.2 Å². The number of fused-ring (bicyclic) bond motifs is 2. The zero-order valence-corrected chi connectivity index (χ0v) is 14.9. The number of nitrogens with zero attached hydrogens (tertiary/aromatic N) is 1. The number of likely N-dealkylation sites (tertiary alicyclic amines) is 1. The molecule has 0 amide bonds. The molecular formula is C21H22FN3O2. The average molecular weight is 367 g/mol. The maximum Gasteiger partial charge on any atom is 0.132 e. The maximum absolute atomic E-state index is 13.8. The van der Waals surface area contributed by atoms with Crippen LogP contribution < -0.4 is 5.32 Å². The first kappa shape index (κ1) is 16.7. The summed E-state index contributed by atoms with van der Waals surface area (Å²) >= 11 is 0. The number of hydrogen-bond acceptors (Lipinski definition) is 4. The summed E-state index contributed by atoms with van der Waals surface area (Å²) in [5, 5.41) is 24.6. The van der Waals surface area contributed by atoms with Crippen molar-refractivity contribution in [3.63, 3.8) is 0 Å². The minimum absolute atomic E-state index is 0.168. The predicted molar refractivity (Wildman–Crippen MR) is 101 cm³/mol. The van der Waals surface area contributed by atoms with Crippen LogP contribution >= 0.6 is 0 Å². The van der Waals surface area contributed by atoms with Crippen molar-refractivity contribution >= 4 is 10.9 Å². The first-order valence-corrected chi connectivity index (χ1v) is 9.39. The van der Waals surface area contributed by atoms with E-state index < -0.39 is 6.23 Å². The van der Waals surface area contributed by atoms with Crippen LogP contribution in [0.4, 0.5) is 4.39 Å². The second kappa shape index (κ2) is 6.34. The second-order valence-corrected chi connectivity index (χ2v) is 7.51. The SMILES string of the molecule is Oc1ccc2c(c1)C(c1c(CN3CCCC3)[nH]c3cc(F)ccc13)NC2O. The van der Waals surface area contributed by atoms with E-state index in [0.29, 0.717) is 0 Å². The van der Waals surface area contributed by atoms with Gasteiger partial charge < -0.3 is 15.2 Å². The Morgan fingerprint density at radius 3 is 2.70 bits per heavy atom. The highest BCUT2D eigenvalue weighted by Crippen LogP contribution is 2.42. The van der Waals surface area contributed by atoms with Crippen molar-refractivity contribution in [2.24, 2.45) is 0 Å². The third-order valence-electron chi connectivity index (χ3n) is 5.75. The van der Waals surface area contributed by atoms with Crippen LogP contribution in [-0.4, -0.2) is 33.2 Å². The number of aromatic nitrogens is 1. The van der Waals surface area contributed by atoms with E-state index in [1.54, 1.807) is 24.3 Å². The summed E-state index contributed by atoms with van der Waals surface area (Å²) in [6, 6.07) is 9.54. The van der Waals surface area contributed by atoms with Crippen molar-refractivity contribution in [3.8, 4) is 5.75 Å². The number of aromatic amines is 1. The molecule has 1 saturated heterocycles. The van der Waals surface area contributed by atoms with Crippen LogP contribution in [0.2, 0.25) is 0 Å². The number of aliphatic hydroxyl groups is 1. The Labute approximate surface area is 156 Å². The van der Waals surface area contributed by atoms with Gasteiger partial charge in [0.05, 0.1) is 6.04 Å². The Balaban J connectivity index is 1.66. The summed E-state index contributed by atoms with van der Waals surface area (Å²) in [7, 11) is 0. The van der Waals surface area contributed by atoms with E-state index in [1.165, 1.54) is 25.0 Å². The van der Waals surface area contributed by atoms with Crippen LogP contribution in [0.25, 0.3) is 10.9 Å². The minimum Gasteiger partial charge on any atom is -0.508 e. The lowest BCUT2D eigenvalue weighted by Crippen LogP contribution is -2.23. The molecule has 2 aliphatic heterocycles. The largest absolute Gasteiger partial charge is 0.508 e. The zero-order valence-electron chi connectivity index (χ0n) is 14.9. The summed E-state index contributed by atoms with van der Waals surface area (Å²) in [5.41, 5.74) is 4.42. The van der Waals surface area contributed by atoms with Crippen LogP contribution in [0.5, 0.6) is 5.75 Å². The zero-order chi connectivity index (χ0) is 18.5. The molecule has 2 unspecified atom stereocenters. The third kappa shape index (κ3) is 2.81. The van der Waals surface area contributed by atoms with Crippen molar-refractivity contribution < 1.29 is 14.6 Å². The number of phenolic OH excluding ortho intramolecular Hbond substituents is 1. The van der Waals surface area contributed by atoms with Gasteiger partial charge in [-0.25, -0.2) is 4.39 Å². The van der Waals surface area contributed by atoms with Crippen molar-refractivity contribution in [2.45, 2.75) is 31.7 Å². The Morgan fingerprint density at radius 2 is 1.89 bits per heavy atom. The lowest BCUT2D eigenvalue weighted by Gasteiger charge is -2.19. The topological polar surface area (TPSA) is 71.5 Å². The Bertz CT molecular complexity index is 1010. The fourth-order valence-electron chi connectivity index (χ4n) is 4.50. The van der Waals surface area contributed by atoms with Gasteiger partial charge in [-0.3, -0.25) is 10.2 Å². The monoisotopic (exact) mass is 367 g/mol. The van der Waals surface area contributed by atoms with Gasteiger partial charge in [-0.2, -0.15) is 0 Å². The van der Waals surface area contributed by atoms with Gasteiger partial charge in [-0.05, 0) is 61.8 Å². The molecule has 5 rings (SSSR count). The second-order valence-electron chi connectivity index (χ2n) is 7.51. The molecule has 3 aromatic rings. The lowest BCUT2D eigenvalue weighted by molar-refractivity contribution is 0.146. The van der Waals surface area contributed by atoms with Crippen LogP contribution in [0.15, 0.2) is 36.4 Å². The Morgan fingerprint density at radius 1 is 1.07 bits per heavy atom. The molecule has 0 aliphatic carbocycles. The molecule has 2 atom stereocenters. The van der Waals surface area contributed by atoms with Crippen LogP contribution in [0.3, 0.4) is 0 Å². The number of rotatable bonds is 3. The van der Waals surface area contributed by atoms with Crippen molar-refractivity contribution in [2.75, 3.05) is 13.1 Å². The summed E-state index contributed by atoms with van der Waals surface area (Å²) < 4.78 is 13.8.